The van der Waals surface area contributed by atoms with Crippen molar-refractivity contribution >= 4 is 11.7 Å². The first-order valence-corrected chi connectivity index (χ1v) is 12.8. The molecule has 0 aliphatic rings. The number of hydrogen-bond donors (Lipinski definition) is 1. The Balaban J connectivity index is 2.07. The fourth-order valence-electron chi connectivity index (χ4n) is 4.66. The molecule has 0 spiro atoms. The average molecular weight is 503 g/mol. The summed E-state index contributed by atoms with van der Waals surface area (Å²) in [6.45, 7) is 11.9. The number of rotatable bonds is 12. The molecule has 0 radical (unpaired) electrons. The molecule has 0 atom stereocenters. The number of ether oxygens (including phenoxy) is 2. The predicted octanol–water partition coefficient (Wildman–Crippen LogP) is 6.22. The van der Waals surface area contributed by atoms with Gasteiger partial charge in [0.25, 0.3) is 0 Å². The number of ketones is 1. The summed E-state index contributed by atoms with van der Waals surface area (Å²) in [6, 6.07) is 19.4. The van der Waals surface area contributed by atoms with E-state index >= 15 is 0 Å². The smallest absolute Gasteiger partial charge is 0.248 e. The van der Waals surface area contributed by atoms with E-state index in [1.54, 1.807) is 19.2 Å². The minimum atomic E-state index is -0.480. The van der Waals surface area contributed by atoms with Crippen LogP contribution < -0.4 is 15.2 Å². The van der Waals surface area contributed by atoms with Gasteiger partial charge in [-0.05, 0) is 68.7 Å². The van der Waals surface area contributed by atoms with Crippen molar-refractivity contribution in [3.63, 3.8) is 0 Å². The molecule has 0 saturated heterocycles. The number of carbonyl (C=O) groups excluding carboxylic acids is 2. The van der Waals surface area contributed by atoms with Crippen molar-refractivity contribution < 1.29 is 19.1 Å². The molecule has 0 fully saturated rings. The average Bonchev–Trinajstić information content (AvgIpc) is 2.89. The zero-order valence-electron chi connectivity index (χ0n) is 22.7. The lowest BCUT2D eigenvalue weighted by molar-refractivity contribution is 0.0984. The highest BCUT2D eigenvalue weighted by Crippen LogP contribution is 2.39. The molecule has 6 heteroatoms. The molecule has 0 unspecified atom stereocenters. The first kappa shape index (κ1) is 27.9. The quantitative estimate of drug-likeness (QED) is 0.297. The number of nitrogens with two attached hydrogens (primary N) is 1. The van der Waals surface area contributed by atoms with Crippen molar-refractivity contribution in [1.29, 1.82) is 0 Å². The summed E-state index contributed by atoms with van der Waals surface area (Å²) < 4.78 is 11.8. The van der Waals surface area contributed by atoms with Crippen LogP contribution in [0.2, 0.25) is 0 Å². The molecule has 3 aromatic carbocycles. The number of benzene rings is 3. The van der Waals surface area contributed by atoms with Crippen LogP contribution in [0.25, 0.3) is 22.3 Å². The second-order valence-corrected chi connectivity index (χ2v) is 9.59. The van der Waals surface area contributed by atoms with Gasteiger partial charge in [0.1, 0.15) is 6.61 Å². The van der Waals surface area contributed by atoms with E-state index in [2.05, 4.69) is 32.6 Å². The summed E-state index contributed by atoms with van der Waals surface area (Å²) in [5.41, 5.74) is 9.94. The summed E-state index contributed by atoms with van der Waals surface area (Å²) >= 11 is 0. The van der Waals surface area contributed by atoms with E-state index in [0.717, 1.165) is 28.8 Å². The van der Waals surface area contributed by atoms with E-state index in [4.69, 9.17) is 15.2 Å². The van der Waals surface area contributed by atoms with E-state index in [0.29, 0.717) is 47.7 Å². The van der Waals surface area contributed by atoms with Gasteiger partial charge in [-0.3, -0.25) is 14.5 Å². The van der Waals surface area contributed by atoms with Gasteiger partial charge in [-0.15, -0.1) is 0 Å². The first-order valence-electron chi connectivity index (χ1n) is 12.8. The Hall–Kier alpha value is -3.64. The van der Waals surface area contributed by atoms with Crippen molar-refractivity contribution in [3.8, 4) is 33.8 Å². The summed E-state index contributed by atoms with van der Waals surface area (Å²) in [4.78, 5) is 26.9. The van der Waals surface area contributed by atoms with Crippen LogP contribution in [0, 0.1) is 0 Å². The van der Waals surface area contributed by atoms with E-state index < -0.39 is 5.91 Å². The molecular weight excluding hydrogens is 464 g/mol. The Morgan fingerprint density at radius 3 is 2.11 bits per heavy atom. The van der Waals surface area contributed by atoms with Crippen LogP contribution in [-0.2, 0) is 0 Å². The van der Waals surface area contributed by atoms with Crippen molar-refractivity contribution in [2.45, 2.75) is 53.1 Å². The normalized spacial score (nSPS) is 11.3. The molecule has 0 heterocycles. The monoisotopic (exact) mass is 502 g/mol. The number of amides is 1. The van der Waals surface area contributed by atoms with Crippen LogP contribution in [0.3, 0.4) is 0 Å². The highest BCUT2D eigenvalue weighted by molar-refractivity contribution is 6.06. The van der Waals surface area contributed by atoms with E-state index in [-0.39, 0.29) is 5.78 Å². The summed E-state index contributed by atoms with van der Waals surface area (Å²) in [7, 11) is 1.62. The van der Waals surface area contributed by atoms with Gasteiger partial charge >= 0.3 is 0 Å². The lowest BCUT2D eigenvalue weighted by Crippen LogP contribution is -2.39. The van der Waals surface area contributed by atoms with E-state index in [1.807, 2.05) is 55.5 Å². The molecular formula is C31H38N2O4. The van der Waals surface area contributed by atoms with Gasteiger partial charge in [-0.1, -0.05) is 43.3 Å². The minimum Gasteiger partial charge on any atom is -0.493 e. The molecule has 0 saturated carbocycles. The maximum absolute atomic E-state index is 13.0. The van der Waals surface area contributed by atoms with Gasteiger partial charge in [0.15, 0.2) is 17.3 Å². The summed E-state index contributed by atoms with van der Waals surface area (Å²) in [5.74, 6) is 0.831. The Labute approximate surface area is 220 Å². The van der Waals surface area contributed by atoms with Gasteiger partial charge < -0.3 is 15.2 Å². The number of hydrogen-bond acceptors (Lipinski definition) is 5. The SMILES string of the molecule is CCC(=O)c1cccc(-c2ccc(C(N)=O)cc2)c1-c1ccc(OC)c(OCCN(C(C)C)C(C)C)c1. The molecule has 6 nitrogen and oxygen atoms in total. The predicted molar refractivity (Wildman–Crippen MR) is 149 cm³/mol. The molecule has 0 aliphatic carbocycles. The molecule has 0 aliphatic heterocycles. The standard InChI is InChI=1S/C31H38N2O4/c1-7-27(34)26-10-8-9-25(22-11-13-23(14-12-22)31(32)35)30(26)24-15-16-28(36-6)29(19-24)37-18-17-33(20(2)3)21(4)5/h8-16,19-21H,7,17-18H2,1-6H3,(H2,32,35). The topological polar surface area (TPSA) is 81.9 Å². The molecule has 3 aromatic rings. The van der Waals surface area contributed by atoms with Gasteiger partial charge in [-0.25, -0.2) is 0 Å². The maximum Gasteiger partial charge on any atom is 0.248 e. The van der Waals surface area contributed by atoms with Crippen LogP contribution in [0.4, 0.5) is 0 Å². The highest BCUT2D eigenvalue weighted by Gasteiger charge is 2.19. The second-order valence-electron chi connectivity index (χ2n) is 9.59. The Bertz CT molecular complexity index is 1220. The van der Waals surface area contributed by atoms with Gasteiger partial charge in [0.2, 0.25) is 5.91 Å². The van der Waals surface area contributed by atoms with Crippen LogP contribution in [0.15, 0.2) is 60.7 Å². The molecule has 3 rings (SSSR count). The van der Waals surface area contributed by atoms with Crippen LogP contribution in [-0.4, -0.2) is 48.9 Å². The second kappa shape index (κ2) is 12.5. The molecule has 196 valence electrons. The number of Topliss-reactive ketones (excluding diaryl/α,β-unsaturated/α-hetero) is 1. The molecule has 0 aromatic heterocycles. The zero-order valence-corrected chi connectivity index (χ0v) is 22.7. The van der Waals surface area contributed by atoms with Gasteiger partial charge in [0.05, 0.1) is 7.11 Å². The lowest BCUT2D eigenvalue weighted by atomic mass is 9.88. The number of methoxy groups -OCH3 is 1. The fraction of sp³-hybridized carbons (Fsp3) is 0.355. The Morgan fingerprint density at radius 1 is 0.892 bits per heavy atom. The highest BCUT2D eigenvalue weighted by atomic mass is 16.5. The summed E-state index contributed by atoms with van der Waals surface area (Å²) in [6.07, 6.45) is 0.386. The van der Waals surface area contributed by atoms with Crippen LogP contribution in [0.1, 0.15) is 61.8 Å². The molecule has 2 N–H and O–H groups in total. The van der Waals surface area contributed by atoms with Gasteiger partial charge in [0, 0.05) is 41.7 Å². The third-order valence-electron chi connectivity index (χ3n) is 6.55. The number of carbonyl (C=O) groups is 2. The molecule has 37 heavy (non-hydrogen) atoms. The van der Waals surface area contributed by atoms with Crippen molar-refractivity contribution in [2.75, 3.05) is 20.3 Å². The largest absolute Gasteiger partial charge is 0.493 e. The molecule has 1 amide bonds. The zero-order chi connectivity index (χ0) is 27.1. The van der Waals surface area contributed by atoms with Crippen molar-refractivity contribution in [2.24, 2.45) is 5.73 Å². The van der Waals surface area contributed by atoms with E-state index in [9.17, 15) is 9.59 Å². The fourth-order valence-corrected chi connectivity index (χ4v) is 4.66. The van der Waals surface area contributed by atoms with E-state index in [1.165, 1.54) is 0 Å². The first-order chi connectivity index (χ1) is 17.7. The summed E-state index contributed by atoms with van der Waals surface area (Å²) in [5, 5.41) is 0. The van der Waals surface area contributed by atoms with Crippen LogP contribution in [0.5, 0.6) is 11.5 Å². The third-order valence-corrected chi connectivity index (χ3v) is 6.55. The number of nitrogens with zero attached hydrogens (tertiary/aromatic N) is 1. The minimum absolute atomic E-state index is 0.0494. The Kier molecular flexibility index (Phi) is 9.48. The lowest BCUT2D eigenvalue weighted by Gasteiger charge is -2.30. The van der Waals surface area contributed by atoms with Crippen molar-refractivity contribution in [3.05, 3.63) is 71.8 Å². The molecule has 0 bridgehead atoms. The number of primary amides is 1. The van der Waals surface area contributed by atoms with Gasteiger partial charge in [-0.2, -0.15) is 0 Å². The van der Waals surface area contributed by atoms with Crippen molar-refractivity contribution in [1.82, 2.24) is 4.90 Å². The maximum atomic E-state index is 13.0. The third kappa shape index (κ3) is 6.57. The van der Waals surface area contributed by atoms with Crippen LogP contribution >= 0.6 is 0 Å². The Morgan fingerprint density at radius 2 is 1.54 bits per heavy atom.